The zero-order chi connectivity index (χ0) is 15.9. The van der Waals surface area contributed by atoms with Gasteiger partial charge in [0.05, 0.1) is 17.7 Å². The summed E-state index contributed by atoms with van der Waals surface area (Å²) < 4.78 is 0. The molecule has 0 saturated heterocycles. The molecular weight excluding hydrogens is 292 g/mol. The second-order valence-corrected chi connectivity index (χ2v) is 5.86. The van der Waals surface area contributed by atoms with Crippen LogP contribution in [0.25, 0.3) is 6.08 Å². The summed E-state index contributed by atoms with van der Waals surface area (Å²) >= 11 is 1.60. The van der Waals surface area contributed by atoms with Crippen LogP contribution in [-0.2, 0) is 4.79 Å². The van der Waals surface area contributed by atoms with Crippen molar-refractivity contribution in [2.75, 3.05) is 6.54 Å². The number of benzene rings is 1. The summed E-state index contributed by atoms with van der Waals surface area (Å²) in [6.07, 6.45) is 3.47. The van der Waals surface area contributed by atoms with Crippen molar-refractivity contribution < 1.29 is 4.79 Å². The molecule has 0 bridgehead atoms. The maximum atomic E-state index is 12.4. The van der Waals surface area contributed by atoms with E-state index in [2.05, 4.69) is 6.07 Å². The monoisotopic (exact) mass is 310 g/mol. The van der Waals surface area contributed by atoms with Gasteiger partial charge in [0.15, 0.2) is 0 Å². The van der Waals surface area contributed by atoms with Crippen molar-refractivity contribution in [2.24, 2.45) is 0 Å². The van der Waals surface area contributed by atoms with Crippen molar-refractivity contribution in [3.05, 3.63) is 63.9 Å². The minimum absolute atomic E-state index is 0.00670. The zero-order valence-corrected chi connectivity index (χ0v) is 13.5. The van der Waals surface area contributed by atoms with Gasteiger partial charge in [0.25, 0.3) is 0 Å². The Balaban J connectivity index is 2.12. The molecule has 0 radical (unpaired) electrons. The topological polar surface area (TPSA) is 44.1 Å². The molecular formula is C18H18N2OS. The van der Waals surface area contributed by atoms with Crippen molar-refractivity contribution in [2.45, 2.75) is 19.9 Å². The van der Waals surface area contributed by atoms with Crippen LogP contribution in [0, 0.1) is 11.3 Å². The standard InChI is InChI=1S/C18H18N2OS/c1-3-20(18(21)11-10-17-5-4-12-22-17)14(2)16-8-6-15(13-19)7-9-16/h4-12,14H,3H2,1-2H3/b11-10+. The maximum Gasteiger partial charge on any atom is 0.247 e. The molecule has 1 amide bonds. The Hall–Kier alpha value is -2.38. The van der Waals surface area contributed by atoms with E-state index >= 15 is 0 Å². The third-order valence-corrected chi connectivity index (χ3v) is 4.38. The third-order valence-electron chi connectivity index (χ3n) is 3.55. The molecule has 0 aliphatic carbocycles. The van der Waals surface area contributed by atoms with Crippen LogP contribution >= 0.6 is 11.3 Å². The molecule has 0 aliphatic rings. The first-order valence-corrected chi connectivity index (χ1v) is 8.06. The summed E-state index contributed by atoms with van der Waals surface area (Å²) in [4.78, 5) is 15.3. The molecule has 1 heterocycles. The highest BCUT2D eigenvalue weighted by Crippen LogP contribution is 2.21. The number of hydrogen-bond acceptors (Lipinski definition) is 3. The fraction of sp³-hybridized carbons (Fsp3) is 0.222. The van der Waals surface area contributed by atoms with Crippen molar-refractivity contribution in [3.63, 3.8) is 0 Å². The molecule has 1 aromatic carbocycles. The molecule has 2 rings (SSSR count). The predicted octanol–water partition coefficient (Wildman–Crippen LogP) is 4.24. The van der Waals surface area contributed by atoms with E-state index in [1.165, 1.54) is 0 Å². The van der Waals surface area contributed by atoms with Crippen LogP contribution < -0.4 is 0 Å². The van der Waals surface area contributed by atoms with Gasteiger partial charge in [0.1, 0.15) is 0 Å². The largest absolute Gasteiger partial charge is 0.333 e. The number of carbonyl (C=O) groups is 1. The van der Waals surface area contributed by atoms with Gasteiger partial charge in [-0.15, -0.1) is 11.3 Å². The Labute approximate surface area is 135 Å². The SMILES string of the molecule is CCN(C(=O)/C=C/c1cccs1)C(C)c1ccc(C#N)cc1. The van der Waals surface area contributed by atoms with Gasteiger partial charge in [-0.3, -0.25) is 4.79 Å². The molecule has 22 heavy (non-hydrogen) atoms. The number of hydrogen-bond donors (Lipinski definition) is 0. The summed E-state index contributed by atoms with van der Waals surface area (Å²) in [7, 11) is 0. The Kier molecular flexibility index (Phi) is 5.51. The lowest BCUT2D eigenvalue weighted by molar-refractivity contribution is -0.127. The normalized spacial score (nSPS) is 12.0. The lowest BCUT2D eigenvalue weighted by Gasteiger charge is -2.27. The van der Waals surface area contributed by atoms with Gasteiger partial charge in [0, 0.05) is 17.5 Å². The summed E-state index contributed by atoms with van der Waals surface area (Å²) in [6, 6.07) is 13.4. The second kappa shape index (κ2) is 7.58. The number of nitriles is 1. The maximum absolute atomic E-state index is 12.4. The zero-order valence-electron chi connectivity index (χ0n) is 12.7. The van der Waals surface area contributed by atoms with Gasteiger partial charge in [-0.2, -0.15) is 5.26 Å². The molecule has 1 unspecified atom stereocenters. The molecule has 2 aromatic rings. The molecule has 0 N–H and O–H groups in total. The van der Waals surface area contributed by atoms with Crippen LogP contribution in [0.4, 0.5) is 0 Å². The van der Waals surface area contributed by atoms with E-state index in [0.29, 0.717) is 12.1 Å². The lowest BCUT2D eigenvalue weighted by atomic mass is 10.0. The van der Waals surface area contributed by atoms with Crippen LogP contribution in [0.2, 0.25) is 0 Å². The van der Waals surface area contributed by atoms with Crippen LogP contribution in [0.3, 0.4) is 0 Å². The van der Waals surface area contributed by atoms with Gasteiger partial charge in [-0.25, -0.2) is 0 Å². The summed E-state index contributed by atoms with van der Waals surface area (Å²) in [5.41, 5.74) is 1.65. The predicted molar refractivity (Wildman–Crippen MR) is 90.3 cm³/mol. The quantitative estimate of drug-likeness (QED) is 0.775. The first kappa shape index (κ1) is 16.0. The van der Waals surface area contributed by atoms with Gasteiger partial charge >= 0.3 is 0 Å². The van der Waals surface area contributed by atoms with Gasteiger partial charge in [-0.1, -0.05) is 18.2 Å². The van der Waals surface area contributed by atoms with Crippen LogP contribution in [0.15, 0.2) is 47.9 Å². The number of amides is 1. The van der Waals surface area contributed by atoms with Crippen molar-refractivity contribution in [3.8, 4) is 6.07 Å². The van der Waals surface area contributed by atoms with E-state index in [0.717, 1.165) is 10.4 Å². The highest BCUT2D eigenvalue weighted by Gasteiger charge is 2.17. The fourth-order valence-electron chi connectivity index (χ4n) is 2.27. The smallest absolute Gasteiger partial charge is 0.247 e. The number of thiophene rings is 1. The summed E-state index contributed by atoms with van der Waals surface area (Å²) in [5.74, 6) is -0.00670. The fourth-order valence-corrected chi connectivity index (χ4v) is 2.89. The van der Waals surface area contributed by atoms with E-state index in [-0.39, 0.29) is 11.9 Å². The van der Waals surface area contributed by atoms with Crippen LogP contribution in [0.5, 0.6) is 0 Å². The average Bonchev–Trinajstić information content (AvgIpc) is 3.07. The van der Waals surface area contributed by atoms with Gasteiger partial charge < -0.3 is 4.90 Å². The Morgan fingerprint density at radius 3 is 2.64 bits per heavy atom. The number of carbonyl (C=O) groups excluding carboxylic acids is 1. The molecule has 3 nitrogen and oxygen atoms in total. The first-order chi connectivity index (χ1) is 10.7. The molecule has 0 spiro atoms. The van der Waals surface area contributed by atoms with Crippen LogP contribution in [0.1, 0.15) is 35.9 Å². The minimum atomic E-state index is -0.0294. The Bertz CT molecular complexity index is 681. The molecule has 0 fully saturated rings. The molecule has 0 saturated carbocycles. The summed E-state index contributed by atoms with van der Waals surface area (Å²) in [6.45, 7) is 4.60. The Morgan fingerprint density at radius 1 is 1.36 bits per heavy atom. The molecule has 0 aliphatic heterocycles. The molecule has 4 heteroatoms. The van der Waals surface area contributed by atoms with Crippen molar-refractivity contribution in [1.82, 2.24) is 4.90 Å². The number of rotatable bonds is 5. The van der Waals surface area contributed by atoms with Crippen molar-refractivity contribution >= 4 is 23.3 Å². The summed E-state index contributed by atoms with van der Waals surface area (Å²) in [5, 5.41) is 10.8. The van der Waals surface area contributed by atoms with E-state index in [9.17, 15) is 4.79 Å². The minimum Gasteiger partial charge on any atom is -0.333 e. The van der Waals surface area contributed by atoms with Gasteiger partial charge in [0.2, 0.25) is 5.91 Å². The van der Waals surface area contributed by atoms with E-state index in [4.69, 9.17) is 5.26 Å². The molecule has 1 atom stereocenters. The highest BCUT2D eigenvalue weighted by atomic mass is 32.1. The van der Waals surface area contributed by atoms with E-state index in [1.807, 2.05) is 54.5 Å². The highest BCUT2D eigenvalue weighted by molar-refractivity contribution is 7.10. The van der Waals surface area contributed by atoms with Crippen molar-refractivity contribution in [1.29, 1.82) is 5.26 Å². The third kappa shape index (κ3) is 3.84. The average molecular weight is 310 g/mol. The molecule has 112 valence electrons. The first-order valence-electron chi connectivity index (χ1n) is 7.18. The molecule has 1 aromatic heterocycles. The van der Waals surface area contributed by atoms with E-state index in [1.54, 1.807) is 29.5 Å². The van der Waals surface area contributed by atoms with Gasteiger partial charge in [-0.05, 0) is 49.1 Å². The second-order valence-electron chi connectivity index (χ2n) is 4.88. The van der Waals surface area contributed by atoms with Crippen LogP contribution in [-0.4, -0.2) is 17.4 Å². The number of nitrogens with zero attached hydrogens (tertiary/aromatic N) is 2. The number of likely N-dealkylation sites (N-methyl/N-ethyl adjacent to an activating group) is 1. The lowest BCUT2D eigenvalue weighted by Crippen LogP contribution is -2.32. The Morgan fingerprint density at radius 2 is 2.09 bits per heavy atom. The van der Waals surface area contributed by atoms with E-state index < -0.39 is 0 Å².